The first-order valence-electron chi connectivity index (χ1n) is 9.28. The molecule has 0 heterocycles. The lowest BCUT2D eigenvalue weighted by Crippen LogP contribution is -2.35. The lowest BCUT2D eigenvalue weighted by atomic mass is 9.65. The highest BCUT2D eigenvalue weighted by Gasteiger charge is 2.39. The normalized spacial score (nSPS) is 37.3. The Hall–Kier alpha value is -0.530. The molecule has 0 bridgehead atoms. The van der Waals surface area contributed by atoms with Gasteiger partial charge in [-0.25, -0.2) is 0 Å². The largest absolute Gasteiger partial charge is 0.481 e. The molecule has 2 heteroatoms. The summed E-state index contributed by atoms with van der Waals surface area (Å²) in [6, 6.07) is 0. The van der Waals surface area contributed by atoms with E-state index in [-0.39, 0.29) is 0 Å². The van der Waals surface area contributed by atoms with Crippen LogP contribution in [0.15, 0.2) is 0 Å². The fourth-order valence-corrected chi connectivity index (χ4v) is 4.59. The molecule has 1 N–H and O–H groups in total. The average molecular weight is 294 g/mol. The minimum absolute atomic E-state index is 0.437. The van der Waals surface area contributed by atoms with Crippen LogP contribution in [0.5, 0.6) is 0 Å². The fraction of sp³-hybridized carbons (Fsp3) is 0.947. The molecule has 2 fully saturated rings. The van der Waals surface area contributed by atoms with Gasteiger partial charge >= 0.3 is 5.97 Å². The number of carbonyl (C=O) groups is 1. The monoisotopic (exact) mass is 294 g/mol. The number of unbranched alkanes of at least 4 members (excludes halogenated alkanes) is 2. The molecule has 0 atom stereocenters. The molecule has 0 unspecified atom stereocenters. The van der Waals surface area contributed by atoms with Gasteiger partial charge in [0.1, 0.15) is 0 Å². The Morgan fingerprint density at radius 3 is 2.10 bits per heavy atom. The molecule has 0 aromatic carbocycles. The molecule has 0 radical (unpaired) electrons. The van der Waals surface area contributed by atoms with Crippen molar-refractivity contribution in [2.75, 3.05) is 0 Å². The maximum absolute atomic E-state index is 11.3. The van der Waals surface area contributed by atoms with Crippen LogP contribution in [0.2, 0.25) is 0 Å². The molecule has 2 aliphatic carbocycles. The topological polar surface area (TPSA) is 37.3 Å². The first-order valence-corrected chi connectivity index (χ1v) is 9.28. The van der Waals surface area contributed by atoms with Crippen LogP contribution < -0.4 is 0 Å². The van der Waals surface area contributed by atoms with Crippen LogP contribution >= 0.6 is 0 Å². The van der Waals surface area contributed by atoms with E-state index in [0.29, 0.717) is 0 Å². The SMILES string of the molecule is CCCCCC1CCC(C2CCC(C)(C(=O)O)CC2)CC1. The third-order valence-electron chi connectivity index (χ3n) is 6.42. The van der Waals surface area contributed by atoms with E-state index >= 15 is 0 Å². The highest BCUT2D eigenvalue weighted by Crippen LogP contribution is 2.46. The summed E-state index contributed by atoms with van der Waals surface area (Å²) in [7, 11) is 0. The average Bonchev–Trinajstić information content (AvgIpc) is 2.49. The van der Waals surface area contributed by atoms with Crippen LogP contribution in [0.25, 0.3) is 0 Å². The summed E-state index contributed by atoms with van der Waals surface area (Å²) in [5.41, 5.74) is -0.437. The van der Waals surface area contributed by atoms with Crippen LogP contribution in [0.4, 0.5) is 0 Å². The Morgan fingerprint density at radius 1 is 1.00 bits per heavy atom. The fourth-order valence-electron chi connectivity index (χ4n) is 4.59. The molecule has 0 spiro atoms. The first kappa shape index (κ1) is 16.8. The lowest BCUT2D eigenvalue weighted by molar-refractivity contribution is -0.150. The van der Waals surface area contributed by atoms with Gasteiger partial charge < -0.3 is 5.11 Å². The van der Waals surface area contributed by atoms with Crippen LogP contribution in [0.1, 0.15) is 90.9 Å². The van der Waals surface area contributed by atoms with Gasteiger partial charge in [-0.05, 0) is 63.2 Å². The van der Waals surface area contributed by atoms with E-state index in [4.69, 9.17) is 0 Å². The van der Waals surface area contributed by atoms with Crippen molar-refractivity contribution in [1.29, 1.82) is 0 Å². The zero-order valence-electron chi connectivity index (χ0n) is 14.1. The summed E-state index contributed by atoms with van der Waals surface area (Å²) in [5, 5.41) is 9.33. The van der Waals surface area contributed by atoms with Crippen LogP contribution in [-0.2, 0) is 4.79 Å². The van der Waals surface area contributed by atoms with E-state index in [2.05, 4.69) is 6.92 Å². The third-order valence-corrected chi connectivity index (χ3v) is 6.42. The van der Waals surface area contributed by atoms with Crippen LogP contribution in [-0.4, -0.2) is 11.1 Å². The molecular formula is C19H34O2. The van der Waals surface area contributed by atoms with E-state index in [0.717, 1.165) is 43.4 Å². The molecule has 21 heavy (non-hydrogen) atoms. The van der Waals surface area contributed by atoms with Gasteiger partial charge in [-0.3, -0.25) is 4.79 Å². The summed E-state index contributed by atoms with van der Waals surface area (Å²) in [4.78, 5) is 11.3. The smallest absolute Gasteiger partial charge is 0.309 e. The zero-order chi connectivity index (χ0) is 15.3. The molecule has 2 nitrogen and oxygen atoms in total. The molecule has 2 saturated carbocycles. The van der Waals surface area contributed by atoms with Gasteiger partial charge in [-0.15, -0.1) is 0 Å². The second kappa shape index (κ2) is 7.65. The molecule has 2 aliphatic rings. The second-order valence-corrected chi connectivity index (χ2v) is 7.98. The summed E-state index contributed by atoms with van der Waals surface area (Å²) in [6.45, 7) is 4.22. The Balaban J connectivity index is 1.70. The maximum Gasteiger partial charge on any atom is 0.309 e. The Bertz CT molecular complexity index is 320. The van der Waals surface area contributed by atoms with E-state index in [1.165, 1.54) is 51.4 Å². The van der Waals surface area contributed by atoms with Crippen LogP contribution in [0.3, 0.4) is 0 Å². The predicted molar refractivity (Wildman–Crippen MR) is 87.3 cm³/mol. The van der Waals surface area contributed by atoms with Crippen molar-refractivity contribution in [3.63, 3.8) is 0 Å². The van der Waals surface area contributed by atoms with Crippen LogP contribution in [0, 0.1) is 23.2 Å². The van der Waals surface area contributed by atoms with Crippen molar-refractivity contribution in [2.24, 2.45) is 23.2 Å². The van der Waals surface area contributed by atoms with Crippen molar-refractivity contribution >= 4 is 5.97 Å². The molecule has 0 aromatic rings. The Labute approximate surface area is 130 Å². The van der Waals surface area contributed by atoms with Crippen molar-refractivity contribution in [2.45, 2.75) is 90.9 Å². The maximum atomic E-state index is 11.3. The van der Waals surface area contributed by atoms with Gasteiger partial charge in [0.2, 0.25) is 0 Å². The predicted octanol–water partition coefficient (Wildman–Crippen LogP) is 5.65. The summed E-state index contributed by atoms with van der Waals surface area (Å²) >= 11 is 0. The van der Waals surface area contributed by atoms with Crippen molar-refractivity contribution in [3.05, 3.63) is 0 Å². The van der Waals surface area contributed by atoms with Gasteiger partial charge in [-0.1, -0.05) is 45.4 Å². The number of aliphatic carboxylic acids is 1. The van der Waals surface area contributed by atoms with Crippen molar-refractivity contribution < 1.29 is 9.90 Å². The van der Waals surface area contributed by atoms with E-state index < -0.39 is 11.4 Å². The van der Waals surface area contributed by atoms with Gasteiger partial charge in [0.25, 0.3) is 0 Å². The minimum Gasteiger partial charge on any atom is -0.481 e. The molecule has 122 valence electrons. The molecular weight excluding hydrogens is 260 g/mol. The van der Waals surface area contributed by atoms with E-state index in [9.17, 15) is 9.90 Å². The second-order valence-electron chi connectivity index (χ2n) is 7.98. The first-order chi connectivity index (χ1) is 10.0. The van der Waals surface area contributed by atoms with Gasteiger partial charge in [-0.2, -0.15) is 0 Å². The summed E-state index contributed by atoms with van der Waals surface area (Å²) < 4.78 is 0. The summed E-state index contributed by atoms with van der Waals surface area (Å²) in [5.74, 6) is 2.11. The lowest BCUT2D eigenvalue weighted by Gasteiger charge is -2.40. The number of carboxylic acid groups (broad SMARTS) is 1. The number of hydrogen-bond donors (Lipinski definition) is 1. The van der Waals surface area contributed by atoms with Gasteiger partial charge in [0.05, 0.1) is 5.41 Å². The van der Waals surface area contributed by atoms with E-state index in [1.54, 1.807) is 0 Å². The molecule has 0 saturated heterocycles. The van der Waals surface area contributed by atoms with Crippen molar-refractivity contribution in [1.82, 2.24) is 0 Å². The number of rotatable bonds is 6. The van der Waals surface area contributed by atoms with Gasteiger partial charge in [0, 0.05) is 0 Å². The Morgan fingerprint density at radius 2 is 1.57 bits per heavy atom. The molecule has 0 amide bonds. The standard InChI is InChI=1S/C19H34O2/c1-3-4-5-6-15-7-9-16(10-8-15)17-11-13-19(2,14-12-17)18(20)21/h15-17H,3-14H2,1-2H3,(H,20,21). The number of carboxylic acids is 1. The molecule has 2 rings (SSSR count). The number of hydrogen-bond acceptors (Lipinski definition) is 1. The van der Waals surface area contributed by atoms with Crippen molar-refractivity contribution in [3.8, 4) is 0 Å². The zero-order valence-corrected chi connectivity index (χ0v) is 14.1. The Kier molecular flexibility index (Phi) is 6.13. The highest BCUT2D eigenvalue weighted by atomic mass is 16.4. The molecule has 0 aliphatic heterocycles. The minimum atomic E-state index is -0.583. The third kappa shape index (κ3) is 4.47. The quantitative estimate of drug-likeness (QED) is 0.642. The highest BCUT2D eigenvalue weighted by molar-refractivity contribution is 5.74. The molecule has 0 aromatic heterocycles. The summed E-state index contributed by atoms with van der Waals surface area (Å²) in [6.07, 6.45) is 15.4. The van der Waals surface area contributed by atoms with E-state index in [1.807, 2.05) is 6.92 Å². The van der Waals surface area contributed by atoms with Gasteiger partial charge in [0.15, 0.2) is 0 Å².